The van der Waals surface area contributed by atoms with Gasteiger partial charge in [0.15, 0.2) is 0 Å². The van der Waals surface area contributed by atoms with E-state index < -0.39 is 0 Å². The average molecular weight is 340 g/mol. The number of benzene rings is 1. The van der Waals surface area contributed by atoms with Crippen LogP contribution in [0.5, 0.6) is 0 Å². The van der Waals surface area contributed by atoms with E-state index in [4.69, 9.17) is 0 Å². The van der Waals surface area contributed by atoms with Crippen LogP contribution in [-0.4, -0.2) is 9.97 Å². The average Bonchev–Trinajstić information content (AvgIpc) is 2.22. The maximum atomic E-state index is 11.5. The molecule has 0 fully saturated rings. The zero-order valence-electron chi connectivity index (χ0n) is 9.75. The quantitative estimate of drug-likeness (QED) is 0.855. The lowest BCUT2D eigenvalue weighted by molar-refractivity contribution is 0.934. The summed E-state index contributed by atoms with van der Waals surface area (Å²) in [5.41, 5.74) is 3.56. The largest absolute Gasteiger partial charge is 0.309 e. The van der Waals surface area contributed by atoms with Crippen molar-refractivity contribution in [3.63, 3.8) is 0 Å². The third-order valence-electron chi connectivity index (χ3n) is 2.46. The fraction of sp³-hybridized carbons (Fsp3) is 0.231. The summed E-state index contributed by atoms with van der Waals surface area (Å²) in [6.07, 6.45) is 2.27. The molecule has 2 rings (SSSR count). The van der Waals surface area contributed by atoms with Crippen LogP contribution < -0.4 is 5.56 Å². The van der Waals surface area contributed by atoms with E-state index in [-0.39, 0.29) is 5.56 Å². The molecular formula is C13H13IN2O. The Hall–Kier alpha value is -1.17. The Labute approximate surface area is 113 Å². The van der Waals surface area contributed by atoms with Crippen LogP contribution in [0.3, 0.4) is 0 Å². The Morgan fingerprint density at radius 3 is 2.47 bits per heavy atom. The summed E-state index contributed by atoms with van der Waals surface area (Å²) in [4.78, 5) is 18.5. The highest BCUT2D eigenvalue weighted by Crippen LogP contribution is 2.11. The molecule has 2 aromatic rings. The lowest BCUT2D eigenvalue weighted by Gasteiger charge is -2.04. The molecule has 0 atom stereocenters. The molecule has 88 valence electrons. The Morgan fingerprint density at radius 1 is 1.24 bits per heavy atom. The van der Waals surface area contributed by atoms with Crippen LogP contribution in [-0.2, 0) is 6.42 Å². The maximum absolute atomic E-state index is 11.5. The van der Waals surface area contributed by atoms with Crippen LogP contribution in [0.2, 0.25) is 0 Å². The smallest absolute Gasteiger partial charge is 0.264 e. The monoisotopic (exact) mass is 340 g/mol. The Balaban J connectivity index is 2.31. The van der Waals surface area contributed by atoms with E-state index in [1.54, 1.807) is 6.20 Å². The van der Waals surface area contributed by atoms with Gasteiger partial charge in [0.25, 0.3) is 5.56 Å². The zero-order chi connectivity index (χ0) is 12.4. The highest BCUT2D eigenvalue weighted by molar-refractivity contribution is 14.1. The van der Waals surface area contributed by atoms with Gasteiger partial charge in [0.05, 0.1) is 3.57 Å². The van der Waals surface area contributed by atoms with Gasteiger partial charge in [-0.05, 0) is 42.0 Å². The fourth-order valence-corrected chi connectivity index (χ4v) is 2.14. The second kappa shape index (κ2) is 5.00. The second-order valence-corrected chi connectivity index (χ2v) is 5.34. The summed E-state index contributed by atoms with van der Waals surface area (Å²) in [6.45, 7) is 4.14. The predicted octanol–water partition coefficient (Wildman–Crippen LogP) is 2.58. The number of aromatic amines is 1. The van der Waals surface area contributed by atoms with E-state index in [0.29, 0.717) is 15.8 Å². The number of halogens is 1. The number of aromatic nitrogens is 2. The highest BCUT2D eigenvalue weighted by Gasteiger charge is 2.02. The van der Waals surface area contributed by atoms with Crippen molar-refractivity contribution in [2.45, 2.75) is 20.3 Å². The summed E-state index contributed by atoms with van der Waals surface area (Å²) < 4.78 is 0.617. The summed E-state index contributed by atoms with van der Waals surface area (Å²) in [5, 5.41) is 0. The maximum Gasteiger partial charge on any atom is 0.264 e. The molecule has 0 amide bonds. The molecule has 0 radical (unpaired) electrons. The van der Waals surface area contributed by atoms with Crippen molar-refractivity contribution in [1.82, 2.24) is 9.97 Å². The Kier molecular flexibility index (Phi) is 3.61. The molecule has 4 heteroatoms. The lowest BCUT2D eigenvalue weighted by Crippen LogP contribution is -2.14. The first-order chi connectivity index (χ1) is 8.04. The first kappa shape index (κ1) is 12.3. The van der Waals surface area contributed by atoms with Gasteiger partial charge in [-0.3, -0.25) is 4.79 Å². The van der Waals surface area contributed by atoms with Crippen molar-refractivity contribution in [2.75, 3.05) is 0 Å². The Bertz CT molecular complexity index is 584. The van der Waals surface area contributed by atoms with Gasteiger partial charge in [-0.2, -0.15) is 0 Å². The van der Waals surface area contributed by atoms with Crippen molar-refractivity contribution in [3.8, 4) is 0 Å². The first-order valence-corrected chi connectivity index (χ1v) is 6.43. The van der Waals surface area contributed by atoms with Crippen LogP contribution >= 0.6 is 22.6 Å². The third kappa shape index (κ3) is 3.15. The summed E-state index contributed by atoms with van der Waals surface area (Å²) in [6, 6.07) is 6.36. The first-order valence-electron chi connectivity index (χ1n) is 5.35. The molecule has 0 spiro atoms. The number of H-pyrrole nitrogens is 1. The molecule has 0 aliphatic heterocycles. The number of hydrogen-bond donors (Lipinski definition) is 1. The van der Waals surface area contributed by atoms with E-state index in [1.165, 1.54) is 16.7 Å². The van der Waals surface area contributed by atoms with Gasteiger partial charge in [-0.25, -0.2) is 4.98 Å². The molecule has 0 aliphatic rings. The molecule has 17 heavy (non-hydrogen) atoms. The van der Waals surface area contributed by atoms with E-state index in [9.17, 15) is 4.79 Å². The fourth-order valence-electron chi connectivity index (χ4n) is 1.87. The molecule has 0 aliphatic carbocycles. The normalized spacial score (nSPS) is 10.5. The molecular weight excluding hydrogens is 327 g/mol. The summed E-state index contributed by atoms with van der Waals surface area (Å²) >= 11 is 1.98. The van der Waals surface area contributed by atoms with Crippen molar-refractivity contribution in [1.29, 1.82) is 0 Å². The summed E-state index contributed by atoms with van der Waals surface area (Å²) in [5.74, 6) is 0.709. The van der Waals surface area contributed by atoms with E-state index in [0.717, 1.165) is 0 Å². The zero-order valence-corrected chi connectivity index (χ0v) is 11.9. The number of aryl methyl sites for hydroxylation is 2. The molecule has 0 saturated carbocycles. The molecule has 3 nitrogen and oxygen atoms in total. The minimum absolute atomic E-state index is 0.0695. The summed E-state index contributed by atoms with van der Waals surface area (Å²) in [7, 11) is 0. The van der Waals surface area contributed by atoms with Crippen LogP contribution in [0.25, 0.3) is 0 Å². The lowest BCUT2D eigenvalue weighted by atomic mass is 10.0. The molecule has 0 unspecified atom stereocenters. The van der Waals surface area contributed by atoms with Crippen LogP contribution in [0.1, 0.15) is 22.5 Å². The van der Waals surface area contributed by atoms with Gasteiger partial charge in [-0.1, -0.05) is 29.3 Å². The Morgan fingerprint density at radius 2 is 1.88 bits per heavy atom. The van der Waals surface area contributed by atoms with Crippen molar-refractivity contribution in [3.05, 3.63) is 60.8 Å². The molecule has 1 aromatic heterocycles. The topological polar surface area (TPSA) is 45.8 Å². The van der Waals surface area contributed by atoms with Gasteiger partial charge in [0.1, 0.15) is 5.82 Å². The van der Waals surface area contributed by atoms with Gasteiger partial charge >= 0.3 is 0 Å². The van der Waals surface area contributed by atoms with E-state index in [1.807, 2.05) is 22.6 Å². The van der Waals surface area contributed by atoms with Crippen molar-refractivity contribution < 1.29 is 0 Å². The predicted molar refractivity (Wildman–Crippen MR) is 76.3 cm³/mol. The standard InChI is InChI=1S/C13H13IN2O/c1-8-3-9(2)5-10(4-8)6-12-15-7-11(14)13(17)16-12/h3-5,7H,6H2,1-2H3,(H,15,16,17). The molecule has 1 N–H and O–H groups in total. The van der Waals surface area contributed by atoms with Crippen molar-refractivity contribution in [2.24, 2.45) is 0 Å². The van der Waals surface area contributed by atoms with Gasteiger partial charge < -0.3 is 4.98 Å². The molecule has 0 saturated heterocycles. The number of nitrogens with zero attached hydrogens (tertiary/aromatic N) is 1. The number of nitrogens with one attached hydrogen (secondary N) is 1. The van der Waals surface area contributed by atoms with Crippen LogP contribution in [0, 0.1) is 17.4 Å². The molecule has 1 heterocycles. The minimum Gasteiger partial charge on any atom is -0.309 e. The second-order valence-electron chi connectivity index (χ2n) is 4.18. The van der Waals surface area contributed by atoms with E-state index >= 15 is 0 Å². The van der Waals surface area contributed by atoms with Crippen molar-refractivity contribution >= 4 is 22.6 Å². The minimum atomic E-state index is -0.0695. The third-order valence-corrected chi connectivity index (χ3v) is 3.23. The van der Waals surface area contributed by atoms with Gasteiger partial charge in [0.2, 0.25) is 0 Å². The molecule has 1 aromatic carbocycles. The van der Waals surface area contributed by atoms with E-state index in [2.05, 4.69) is 42.0 Å². The van der Waals surface area contributed by atoms with Crippen LogP contribution in [0.15, 0.2) is 29.2 Å². The number of rotatable bonds is 2. The van der Waals surface area contributed by atoms with Gasteiger partial charge in [0, 0.05) is 12.6 Å². The molecule has 0 bridgehead atoms. The SMILES string of the molecule is Cc1cc(C)cc(Cc2ncc(I)c(=O)[nH]2)c1. The number of hydrogen-bond acceptors (Lipinski definition) is 2. The van der Waals surface area contributed by atoms with Crippen LogP contribution in [0.4, 0.5) is 0 Å². The van der Waals surface area contributed by atoms with Gasteiger partial charge in [-0.15, -0.1) is 0 Å². The highest BCUT2D eigenvalue weighted by atomic mass is 127.